The van der Waals surface area contributed by atoms with E-state index in [0.717, 1.165) is 12.5 Å². The van der Waals surface area contributed by atoms with Gasteiger partial charge >= 0.3 is 0 Å². The Hall–Kier alpha value is -2.13. The van der Waals surface area contributed by atoms with Crippen LogP contribution in [0.2, 0.25) is 0 Å². The molecule has 2 fully saturated rings. The number of ether oxygens (including phenoxy) is 1. The van der Waals surface area contributed by atoms with Crippen molar-refractivity contribution in [1.29, 1.82) is 5.26 Å². The highest BCUT2D eigenvalue weighted by molar-refractivity contribution is 7.91. The van der Waals surface area contributed by atoms with Gasteiger partial charge in [-0.3, -0.25) is 0 Å². The van der Waals surface area contributed by atoms with Crippen LogP contribution in [0.4, 0.5) is 19.1 Å². The van der Waals surface area contributed by atoms with E-state index in [9.17, 15) is 32.0 Å². The summed E-state index contributed by atoms with van der Waals surface area (Å²) < 4.78 is 70.8. The van der Waals surface area contributed by atoms with Gasteiger partial charge in [0.05, 0.1) is 17.5 Å². The monoisotopic (exact) mass is 462 g/mol. The van der Waals surface area contributed by atoms with Crippen molar-refractivity contribution >= 4 is 15.8 Å². The van der Waals surface area contributed by atoms with Crippen molar-refractivity contribution in [2.45, 2.75) is 80.5 Å². The molecule has 2 saturated carbocycles. The Bertz CT molecular complexity index is 967. The molecule has 1 aromatic heterocycles. The molecule has 0 radical (unpaired) electrons. The van der Waals surface area contributed by atoms with Crippen LogP contribution >= 0.6 is 0 Å². The number of nitrogens with one attached hydrogen (secondary N) is 1. The van der Waals surface area contributed by atoms with E-state index in [0.29, 0.717) is 0 Å². The number of nitrogens with zero attached hydrogens (tertiary/aromatic N) is 3. The van der Waals surface area contributed by atoms with Gasteiger partial charge in [-0.25, -0.2) is 26.6 Å². The van der Waals surface area contributed by atoms with Crippen LogP contribution in [0.15, 0.2) is 6.20 Å². The van der Waals surface area contributed by atoms with E-state index < -0.39 is 57.8 Å². The fraction of sp³-hybridized carbons (Fsp3) is 0.737. The van der Waals surface area contributed by atoms with Gasteiger partial charge < -0.3 is 15.2 Å². The molecule has 0 aliphatic heterocycles. The first-order valence-corrected chi connectivity index (χ1v) is 11.9. The van der Waals surface area contributed by atoms with Crippen LogP contribution in [-0.4, -0.2) is 64.8 Å². The second kappa shape index (κ2) is 8.43. The fourth-order valence-corrected chi connectivity index (χ4v) is 5.20. The van der Waals surface area contributed by atoms with Gasteiger partial charge in [-0.1, -0.05) is 0 Å². The molecule has 1 aromatic rings. The summed E-state index contributed by atoms with van der Waals surface area (Å²) in [6, 6.07) is 1.12. The molecule has 2 N–H and O–H groups in total. The number of aliphatic hydroxyl groups is 1. The second-order valence-electron chi connectivity index (χ2n) is 8.59. The topological polar surface area (TPSA) is 125 Å². The van der Waals surface area contributed by atoms with Gasteiger partial charge in [-0.15, -0.1) is 0 Å². The first-order valence-electron chi connectivity index (χ1n) is 9.94. The molecule has 0 saturated heterocycles. The van der Waals surface area contributed by atoms with Gasteiger partial charge in [0.25, 0.3) is 5.92 Å². The summed E-state index contributed by atoms with van der Waals surface area (Å²) in [7, 11) is -3.34. The van der Waals surface area contributed by atoms with Crippen molar-refractivity contribution < 1.29 is 31.4 Å². The molecule has 1 heterocycles. The van der Waals surface area contributed by atoms with E-state index in [1.807, 2.05) is 6.07 Å². The smallest absolute Gasteiger partial charge is 0.251 e. The molecule has 3 rings (SSSR count). The maximum Gasteiger partial charge on any atom is 0.251 e. The van der Waals surface area contributed by atoms with Crippen LogP contribution in [0.1, 0.15) is 51.0 Å². The lowest BCUT2D eigenvalue weighted by Crippen LogP contribution is -2.51. The number of sulfone groups is 1. The second-order valence-corrected chi connectivity index (χ2v) is 10.9. The van der Waals surface area contributed by atoms with Gasteiger partial charge in [-0.05, 0) is 32.6 Å². The number of halogens is 3. The highest BCUT2D eigenvalue weighted by Crippen LogP contribution is 2.41. The summed E-state index contributed by atoms with van der Waals surface area (Å²) in [5.74, 6) is -3.25. The number of anilines is 1. The van der Waals surface area contributed by atoms with E-state index >= 15 is 0 Å². The van der Waals surface area contributed by atoms with Crippen molar-refractivity contribution in [2.75, 3.05) is 11.6 Å². The largest absolute Gasteiger partial charge is 0.470 e. The van der Waals surface area contributed by atoms with Gasteiger partial charge in [0.15, 0.2) is 0 Å². The average molecular weight is 462 g/mol. The minimum absolute atomic E-state index is 0.0414. The summed E-state index contributed by atoms with van der Waals surface area (Å²) in [5, 5.41) is 21.8. The van der Waals surface area contributed by atoms with Crippen LogP contribution in [0.3, 0.4) is 0 Å². The first kappa shape index (κ1) is 23.5. The molecule has 8 nitrogen and oxygen atoms in total. The van der Waals surface area contributed by atoms with E-state index in [1.54, 1.807) is 0 Å². The maximum absolute atomic E-state index is 14.5. The Morgan fingerprint density at radius 2 is 2.06 bits per heavy atom. The van der Waals surface area contributed by atoms with Gasteiger partial charge in [-0.2, -0.15) is 10.2 Å². The van der Waals surface area contributed by atoms with Crippen molar-refractivity contribution in [1.82, 2.24) is 9.97 Å². The molecular formula is C19H25F3N4O4S. The standard InChI is InChI=1S/C19H25F3N4O4S/c1-18(27)10-19(21,22)6-5-15(18)30-16-11(8-23)9-24-17(26-16)25-14-4-3-12(7-13(14)20)31(2,28)29/h9,12-15,27H,3-7,10H2,1-2H3,(H,24,25,26)/t12?,13-,14+,15-,18+/m1/s1. The third kappa shape index (κ3) is 5.57. The number of hydrogen-bond donors (Lipinski definition) is 2. The molecule has 2 aliphatic rings. The third-order valence-electron chi connectivity index (χ3n) is 5.85. The van der Waals surface area contributed by atoms with E-state index in [4.69, 9.17) is 4.74 Å². The molecule has 0 spiro atoms. The zero-order valence-electron chi connectivity index (χ0n) is 17.2. The molecule has 172 valence electrons. The average Bonchev–Trinajstić information content (AvgIpc) is 2.64. The summed E-state index contributed by atoms with van der Waals surface area (Å²) in [6.45, 7) is 1.24. The third-order valence-corrected chi connectivity index (χ3v) is 7.49. The van der Waals surface area contributed by atoms with Crippen LogP contribution in [0, 0.1) is 11.3 Å². The Morgan fingerprint density at radius 1 is 1.35 bits per heavy atom. The molecule has 5 atom stereocenters. The van der Waals surface area contributed by atoms with Gasteiger partial charge in [0, 0.05) is 19.1 Å². The molecule has 1 unspecified atom stereocenters. The number of rotatable bonds is 5. The molecule has 12 heteroatoms. The van der Waals surface area contributed by atoms with Gasteiger partial charge in [0.2, 0.25) is 11.8 Å². The summed E-state index contributed by atoms with van der Waals surface area (Å²) in [5.41, 5.74) is -1.89. The van der Waals surface area contributed by atoms with E-state index in [-0.39, 0.29) is 43.1 Å². The molecule has 31 heavy (non-hydrogen) atoms. The van der Waals surface area contributed by atoms with Crippen LogP contribution < -0.4 is 10.1 Å². The van der Waals surface area contributed by atoms with Crippen LogP contribution in [0.5, 0.6) is 5.88 Å². The van der Waals surface area contributed by atoms with E-state index in [2.05, 4.69) is 15.3 Å². The lowest BCUT2D eigenvalue weighted by molar-refractivity contribution is -0.162. The van der Waals surface area contributed by atoms with Crippen LogP contribution in [0.25, 0.3) is 0 Å². The number of alkyl halides is 3. The first-order chi connectivity index (χ1) is 14.3. The molecular weight excluding hydrogens is 437 g/mol. The summed E-state index contributed by atoms with van der Waals surface area (Å²) in [4.78, 5) is 8.05. The Balaban J connectivity index is 1.74. The van der Waals surface area contributed by atoms with Crippen molar-refractivity contribution in [3.63, 3.8) is 0 Å². The van der Waals surface area contributed by atoms with Crippen molar-refractivity contribution in [3.8, 4) is 11.9 Å². The Kier molecular flexibility index (Phi) is 6.40. The predicted molar refractivity (Wildman–Crippen MR) is 105 cm³/mol. The lowest BCUT2D eigenvalue weighted by Gasteiger charge is -2.40. The Labute approximate surface area is 178 Å². The van der Waals surface area contributed by atoms with Crippen LogP contribution in [-0.2, 0) is 9.84 Å². The summed E-state index contributed by atoms with van der Waals surface area (Å²) >= 11 is 0. The van der Waals surface area contributed by atoms with Crippen molar-refractivity contribution in [3.05, 3.63) is 11.8 Å². The number of nitriles is 1. The molecule has 2 aliphatic carbocycles. The Morgan fingerprint density at radius 3 is 2.65 bits per heavy atom. The zero-order chi connectivity index (χ0) is 23.0. The quantitative estimate of drug-likeness (QED) is 0.683. The molecule has 0 amide bonds. The minimum atomic E-state index is -3.34. The van der Waals surface area contributed by atoms with E-state index in [1.165, 1.54) is 6.92 Å². The van der Waals surface area contributed by atoms with Gasteiger partial charge in [0.1, 0.15) is 39.3 Å². The number of aromatic nitrogens is 2. The minimum Gasteiger partial charge on any atom is -0.470 e. The van der Waals surface area contributed by atoms with Crippen molar-refractivity contribution in [2.24, 2.45) is 0 Å². The SMILES string of the molecule is C[C@]1(O)CC(F)(F)CC[C@H]1Oc1nc(N[C@H]2CCC(S(C)(=O)=O)C[C@H]2F)ncc1C#N. The highest BCUT2D eigenvalue weighted by Gasteiger charge is 2.49. The number of hydrogen-bond acceptors (Lipinski definition) is 8. The molecule has 0 aromatic carbocycles. The summed E-state index contributed by atoms with van der Waals surface area (Å²) in [6.07, 6.45) is -1.22. The maximum atomic E-state index is 14.5. The fourth-order valence-electron chi connectivity index (χ4n) is 4.10. The lowest BCUT2D eigenvalue weighted by atomic mass is 9.81. The predicted octanol–water partition coefficient (Wildman–Crippen LogP) is 2.38. The highest BCUT2D eigenvalue weighted by atomic mass is 32.2. The molecule has 0 bridgehead atoms. The normalized spacial score (nSPS) is 33.3. The zero-order valence-corrected chi connectivity index (χ0v) is 18.0.